The summed E-state index contributed by atoms with van der Waals surface area (Å²) in [5.74, 6) is 0. The van der Waals surface area contributed by atoms with Crippen molar-refractivity contribution in [2.45, 2.75) is 0 Å². The average molecular weight is 150 g/mol. The molecule has 0 aromatic heterocycles. The maximum absolute atomic E-state index is 8.50. The predicted molar refractivity (Wildman–Crippen MR) is 12.4 cm³/mol. The molecule has 0 aliphatic carbocycles. The van der Waals surface area contributed by atoms with Crippen LogP contribution in [-0.2, 0) is 25.7 Å². The van der Waals surface area contributed by atoms with Crippen molar-refractivity contribution in [3.8, 4) is 0 Å². The van der Waals surface area contributed by atoms with Gasteiger partial charge in [-0.2, -0.15) is 0 Å². The number of rotatable bonds is 0. The van der Waals surface area contributed by atoms with E-state index in [1.54, 1.807) is 0 Å². The van der Waals surface area contributed by atoms with E-state index in [4.69, 9.17) is 6.65 Å². The molecule has 0 aliphatic heterocycles. The Labute approximate surface area is 93.7 Å². The molecule has 0 saturated carbocycles. The van der Waals surface area contributed by atoms with Crippen LogP contribution in [0.15, 0.2) is 0 Å². The van der Waals surface area contributed by atoms with Gasteiger partial charge in [-0.05, 0) is 0 Å². The van der Waals surface area contributed by atoms with Crippen LogP contribution in [0.4, 0.5) is 0 Å². The Kier molecular flexibility index (Phi) is 50.3. The molecule has 0 N–H and O–H groups in total. The van der Waals surface area contributed by atoms with Crippen molar-refractivity contribution in [2.75, 3.05) is 0 Å². The SMILES string of the molecule is [AlH3].[H-].[K+].[O]=[Ti]=[O]. The molecule has 5 heavy (non-hydrogen) atoms. The van der Waals surface area contributed by atoms with E-state index in [-0.39, 0.29) is 70.2 Å². The first-order chi connectivity index (χ1) is 1.41. The number of hydrogen-bond donors (Lipinski definition) is 0. The summed E-state index contributed by atoms with van der Waals surface area (Å²) >= 11 is -2.00. The normalized spacial score (nSPS) is 1.60. The Morgan fingerprint density at radius 3 is 1.40 bits per heavy atom. The molecule has 0 spiro atoms. The Hall–Kier alpha value is 2.48. The van der Waals surface area contributed by atoms with Crippen LogP contribution in [0.2, 0.25) is 0 Å². The van der Waals surface area contributed by atoms with Crippen LogP contribution in [0.5, 0.6) is 0 Å². The molecule has 0 radical (unpaired) electrons. The van der Waals surface area contributed by atoms with Gasteiger partial charge in [0.1, 0.15) is 0 Å². The van der Waals surface area contributed by atoms with E-state index >= 15 is 0 Å². The first kappa shape index (κ1) is 15.6. The Bertz CT molecular complexity index is 34.5. The molecule has 0 rings (SSSR count). The third kappa shape index (κ3) is 21.1. The summed E-state index contributed by atoms with van der Waals surface area (Å²) in [6, 6.07) is 0. The predicted octanol–water partition coefficient (Wildman–Crippen LogP) is -4.31. The number of hydrogen-bond acceptors (Lipinski definition) is 2. The van der Waals surface area contributed by atoms with Crippen molar-refractivity contribution in [1.82, 2.24) is 0 Å². The van der Waals surface area contributed by atoms with Gasteiger partial charge < -0.3 is 1.43 Å². The van der Waals surface area contributed by atoms with Gasteiger partial charge in [-0.1, -0.05) is 0 Å². The summed E-state index contributed by atoms with van der Waals surface area (Å²) in [5, 5.41) is 0. The van der Waals surface area contributed by atoms with E-state index in [2.05, 4.69) is 0 Å². The molecule has 0 heterocycles. The summed E-state index contributed by atoms with van der Waals surface area (Å²) in [7, 11) is 0. The summed E-state index contributed by atoms with van der Waals surface area (Å²) < 4.78 is 17.0. The summed E-state index contributed by atoms with van der Waals surface area (Å²) in [5.41, 5.74) is 0. The van der Waals surface area contributed by atoms with Gasteiger partial charge in [-0.15, -0.1) is 0 Å². The van der Waals surface area contributed by atoms with Crippen LogP contribution in [-0.4, -0.2) is 17.4 Å². The molecule has 2 nitrogen and oxygen atoms in total. The fourth-order valence-electron chi connectivity index (χ4n) is 0. The van der Waals surface area contributed by atoms with Crippen LogP contribution >= 0.6 is 0 Å². The van der Waals surface area contributed by atoms with Gasteiger partial charge in [0.2, 0.25) is 0 Å². The Morgan fingerprint density at radius 2 is 1.40 bits per heavy atom. The van der Waals surface area contributed by atoms with Gasteiger partial charge in [0.05, 0.1) is 0 Å². The standard InChI is InChI=1S/Al.K.2O.Ti.4H/q;+1;;;;;;;-1. The molecule has 0 atom stereocenters. The molecule has 0 aromatic rings. The molecular weight excluding hydrogens is 146 g/mol. The second-order valence-corrected chi connectivity index (χ2v) is 0.344. The monoisotopic (exact) mass is 150 g/mol. The maximum atomic E-state index is 8.50. The van der Waals surface area contributed by atoms with Crippen molar-refractivity contribution in [2.24, 2.45) is 0 Å². The molecule has 0 aliphatic rings. The van der Waals surface area contributed by atoms with Crippen molar-refractivity contribution in [3.05, 3.63) is 0 Å². The van der Waals surface area contributed by atoms with E-state index in [1.165, 1.54) is 0 Å². The van der Waals surface area contributed by atoms with Crippen LogP contribution in [0.1, 0.15) is 1.43 Å². The van der Waals surface area contributed by atoms with Gasteiger partial charge in [-0.25, -0.2) is 0 Å². The summed E-state index contributed by atoms with van der Waals surface area (Å²) in [6.07, 6.45) is 0. The molecule has 0 unspecified atom stereocenters. The molecule has 0 aromatic carbocycles. The van der Waals surface area contributed by atoms with E-state index in [9.17, 15) is 0 Å². The van der Waals surface area contributed by atoms with Gasteiger partial charge in [0, 0.05) is 0 Å². The van der Waals surface area contributed by atoms with Crippen molar-refractivity contribution >= 4 is 17.4 Å². The van der Waals surface area contributed by atoms with E-state index < -0.39 is 19.1 Å². The zero-order valence-electron chi connectivity index (χ0n) is 3.32. The summed E-state index contributed by atoms with van der Waals surface area (Å²) in [6.45, 7) is 0. The minimum absolute atomic E-state index is 0. The zero-order valence-corrected chi connectivity index (χ0v) is 7.00. The topological polar surface area (TPSA) is 34.1 Å². The van der Waals surface area contributed by atoms with Gasteiger partial charge >= 0.3 is 77.1 Å². The molecule has 24 valence electrons. The van der Waals surface area contributed by atoms with Gasteiger partial charge in [-0.3, -0.25) is 0 Å². The van der Waals surface area contributed by atoms with Crippen LogP contribution < -0.4 is 51.4 Å². The molecule has 5 heteroatoms. The van der Waals surface area contributed by atoms with Crippen LogP contribution in [0.3, 0.4) is 0 Å². The van der Waals surface area contributed by atoms with Gasteiger partial charge in [0.25, 0.3) is 0 Å². The zero-order chi connectivity index (χ0) is 2.71. The summed E-state index contributed by atoms with van der Waals surface area (Å²) in [4.78, 5) is 0. The second-order valence-electron chi connectivity index (χ2n) is 0.0833. The fourth-order valence-corrected chi connectivity index (χ4v) is 0. The Morgan fingerprint density at radius 1 is 1.40 bits per heavy atom. The third-order valence-electron chi connectivity index (χ3n) is 0. The minimum atomic E-state index is -2.00. The first-order valence-electron chi connectivity index (χ1n) is 0.408. The van der Waals surface area contributed by atoms with Gasteiger partial charge in [0.15, 0.2) is 17.4 Å². The van der Waals surface area contributed by atoms with E-state index in [1.807, 2.05) is 0 Å². The Balaban J connectivity index is -0.00000000667. The fraction of sp³-hybridized carbons (Fsp3) is 0. The van der Waals surface area contributed by atoms with Crippen molar-refractivity contribution in [3.63, 3.8) is 0 Å². The van der Waals surface area contributed by atoms with E-state index in [0.29, 0.717) is 0 Å². The van der Waals surface area contributed by atoms with Crippen LogP contribution in [0.25, 0.3) is 0 Å². The van der Waals surface area contributed by atoms with Crippen LogP contribution in [0, 0.1) is 0 Å². The molecule has 0 saturated heterocycles. The first-order valence-corrected chi connectivity index (χ1v) is 1.68. The van der Waals surface area contributed by atoms with Crippen molar-refractivity contribution < 1.29 is 78.6 Å². The molecular formula is H4AlKO2Ti. The molecule has 0 amide bonds. The third-order valence-corrected chi connectivity index (χ3v) is 0. The molecule has 0 fully saturated rings. The second kappa shape index (κ2) is 16.1. The average Bonchev–Trinajstić information content (AvgIpc) is 0.918. The van der Waals surface area contributed by atoms with E-state index in [0.717, 1.165) is 0 Å². The van der Waals surface area contributed by atoms with Crippen molar-refractivity contribution in [1.29, 1.82) is 0 Å². The molecule has 0 bridgehead atoms. The quantitative estimate of drug-likeness (QED) is 0.327.